The molecule has 2 aromatic carbocycles. The zero-order chi connectivity index (χ0) is 25.6. The van der Waals surface area contributed by atoms with Crippen LogP contribution in [0.5, 0.6) is 11.5 Å². The predicted octanol–water partition coefficient (Wildman–Crippen LogP) is 2.82. The van der Waals surface area contributed by atoms with E-state index in [2.05, 4.69) is 5.32 Å². The number of hydrogen-bond acceptors (Lipinski definition) is 6. The Hall–Kier alpha value is -2.98. The quantitative estimate of drug-likeness (QED) is 0.513. The molecule has 11 heteroatoms. The molecule has 3 rings (SSSR count). The Morgan fingerprint density at radius 3 is 2.46 bits per heavy atom. The van der Waals surface area contributed by atoms with Gasteiger partial charge in [0.15, 0.2) is 11.5 Å². The summed E-state index contributed by atoms with van der Waals surface area (Å²) in [5.74, 6) is -0.172. The van der Waals surface area contributed by atoms with E-state index in [0.717, 1.165) is 4.31 Å². The molecule has 0 unspecified atom stereocenters. The Labute approximate surface area is 211 Å². The Morgan fingerprint density at radius 2 is 1.80 bits per heavy atom. The summed E-state index contributed by atoms with van der Waals surface area (Å²) in [4.78, 5) is 27.5. The molecule has 0 radical (unpaired) electrons. The van der Waals surface area contributed by atoms with Gasteiger partial charge in [0.1, 0.15) is 25.8 Å². The second-order valence-electron chi connectivity index (χ2n) is 7.96. The molecular formula is C24H30ClN3O6S. The smallest absolute Gasteiger partial charge is 0.244 e. The van der Waals surface area contributed by atoms with E-state index in [1.807, 2.05) is 0 Å². The molecular weight excluding hydrogens is 494 g/mol. The molecule has 0 bridgehead atoms. The van der Waals surface area contributed by atoms with Crippen LogP contribution in [0.4, 0.5) is 5.69 Å². The fourth-order valence-corrected chi connectivity index (χ4v) is 4.91. The number of ether oxygens (including phenoxy) is 2. The summed E-state index contributed by atoms with van der Waals surface area (Å²) < 4.78 is 38.2. The van der Waals surface area contributed by atoms with Crippen LogP contribution < -0.4 is 19.1 Å². The lowest BCUT2D eigenvalue weighted by Crippen LogP contribution is -2.51. The van der Waals surface area contributed by atoms with Crippen molar-refractivity contribution in [2.45, 2.75) is 33.4 Å². The first kappa shape index (κ1) is 26.6. The van der Waals surface area contributed by atoms with E-state index in [9.17, 15) is 18.0 Å². The monoisotopic (exact) mass is 523 g/mol. The van der Waals surface area contributed by atoms with Crippen molar-refractivity contribution in [3.05, 3.63) is 53.1 Å². The van der Waals surface area contributed by atoms with Gasteiger partial charge in [-0.25, -0.2) is 8.42 Å². The van der Waals surface area contributed by atoms with E-state index < -0.39 is 28.5 Å². The van der Waals surface area contributed by atoms with E-state index in [-0.39, 0.29) is 23.9 Å². The molecule has 0 spiro atoms. The number of likely N-dealkylation sites (N-methyl/N-ethyl adjacent to an activating group) is 1. The molecule has 0 aromatic heterocycles. The lowest BCUT2D eigenvalue weighted by Gasteiger charge is -2.32. The fraction of sp³-hybridized carbons (Fsp3) is 0.417. The summed E-state index contributed by atoms with van der Waals surface area (Å²) in [5.41, 5.74) is 0.990. The van der Waals surface area contributed by atoms with Gasteiger partial charge in [0.2, 0.25) is 21.8 Å². The van der Waals surface area contributed by atoms with E-state index in [4.69, 9.17) is 21.1 Å². The van der Waals surface area contributed by atoms with Crippen LogP contribution in [0.1, 0.15) is 26.3 Å². The first-order valence-electron chi connectivity index (χ1n) is 11.4. The van der Waals surface area contributed by atoms with Crippen molar-refractivity contribution < 1.29 is 27.5 Å². The molecule has 9 nitrogen and oxygen atoms in total. The van der Waals surface area contributed by atoms with Gasteiger partial charge in [0, 0.05) is 24.2 Å². The molecule has 2 aromatic rings. The third-order valence-corrected chi connectivity index (χ3v) is 7.53. The van der Waals surface area contributed by atoms with Crippen LogP contribution in [0.25, 0.3) is 0 Å². The van der Waals surface area contributed by atoms with Crippen molar-refractivity contribution in [3.63, 3.8) is 0 Å². The van der Waals surface area contributed by atoms with Crippen molar-refractivity contribution in [3.8, 4) is 11.5 Å². The number of rotatable bonds is 10. The van der Waals surface area contributed by atoms with Crippen LogP contribution in [0.3, 0.4) is 0 Å². The zero-order valence-corrected chi connectivity index (χ0v) is 21.6. The molecule has 2 amide bonds. The van der Waals surface area contributed by atoms with Crippen molar-refractivity contribution >= 4 is 39.1 Å². The topological polar surface area (TPSA) is 105 Å². The SMILES string of the molecule is CCNC(=O)[C@@H](C)N(Cc1cccc(Cl)c1)C(=O)CN(c1ccc2c(c1)OCCO2)S(=O)(=O)CC. The number of nitrogens with zero attached hydrogens (tertiary/aromatic N) is 2. The minimum absolute atomic E-state index is 0.0822. The minimum Gasteiger partial charge on any atom is -0.486 e. The van der Waals surface area contributed by atoms with Crippen LogP contribution >= 0.6 is 11.6 Å². The van der Waals surface area contributed by atoms with Crippen molar-refractivity contribution in [1.82, 2.24) is 10.2 Å². The average Bonchev–Trinajstić information content (AvgIpc) is 2.85. The second-order valence-corrected chi connectivity index (χ2v) is 10.6. The Morgan fingerprint density at radius 1 is 1.09 bits per heavy atom. The maximum atomic E-state index is 13.6. The van der Waals surface area contributed by atoms with Crippen LogP contribution in [-0.2, 0) is 26.2 Å². The zero-order valence-electron chi connectivity index (χ0n) is 20.0. The molecule has 1 atom stereocenters. The number of anilines is 1. The van der Waals surface area contributed by atoms with Gasteiger partial charge in [-0.15, -0.1) is 0 Å². The summed E-state index contributed by atoms with van der Waals surface area (Å²) in [6.07, 6.45) is 0. The molecule has 0 saturated carbocycles. The number of amides is 2. The predicted molar refractivity (Wildman–Crippen MR) is 134 cm³/mol. The Kier molecular flexibility index (Phi) is 8.85. The van der Waals surface area contributed by atoms with Gasteiger partial charge in [0.25, 0.3) is 0 Å². The van der Waals surface area contributed by atoms with Gasteiger partial charge in [-0.2, -0.15) is 0 Å². The highest BCUT2D eigenvalue weighted by atomic mass is 35.5. The first-order chi connectivity index (χ1) is 16.7. The van der Waals surface area contributed by atoms with E-state index >= 15 is 0 Å². The number of nitrogens with one attached hydrogen (secondary N) is 1. The van der Waals surface area contributed by atoms with Gasteiger partial charge in [-0.05, 0) is 50.6 Å². The van der Waals surface area contributed by atoms with Gasteiger partial charge in [-0.3, -0.25) is 13.9 Å². The molecule has 0 fully saturated rings. The van der Waals surface area contributed by atoms with E-state index in [0.29, 0.717) is 41.8 Å². The summed E-state index contributed by atoms with van der Waals surface area (Å²) in [6, 6.07) is 10.8. The average molecular weight is 524 g/mol. The maximum absolute atomic E-state index is 13.6. The lowest BCUT2D eigenvalue weighted by atomic mass is 10.1. The number of fused-ring (bicyclic) bond motifs is 1. The van der Waals surface area contributed by atoms with Crippen LogP contribution in [0.15, 0.2) is 42.5 Å². The molecule has 1 N–H and O–H groups in total. The van der Waals surface area contributed by atoms with Crippen LogP contribution in [0, 0.1) is 0 Å². The van der Waals surface area contributed by atoms with Crippen molar-refractivity contribution in [1.29, 1.82) is 0 Å². The van der Waals surface area contributed by atoms with E-state index in [1.165, 1.54) is 11.8 Å². The van der Waals surface area contributed by atoms with Crippen LogP contribution in [0.2, 0.25) is 5.02 Å². The fourth-order valence-electron chi connectivity index (χ4n) is 3.64. The standard InChI is InChI=1S/C24H30ClN3O6S/c1-4-26-24(30)17(3)27(15-18-7-6-8-19(25)13-18)23(29)16-28(35(31,32)5-2)20-9-10-21-22(14-20)34-12-11-33-21/h6-10,13-14,17H,4-5,11-12,15-16H2,1-3H3,(H,26,30)/t17-/m1/s1. The van der Waals surface area contributed by atoms with Crippen molar-refractivity contribution in [2.75, 3.05) is 36.4 Å². The number of carbonyl (C=O) groups is 2. The first-order valence-corrected chi connectivity index (χ1v) is 13.4. The third kappa shape index (κ3) is 6.58. The normalized spacial score (nSPS) is 13.6. The number of sulfonamides is 1. The van der Waals surface area contributed by atoms with Crippen LogP contribution in [-0.4, -0.2) is 63.2 Å². The number of hydrogen-bond donors (Lipinski definition) is 1. The number of benzene rings is 2. The minimum atomic E-state index is -3.84. The molecule has 1 aliphatic rings. The Bertz CT molecular complexity index is 1170. The highest BCUT2D eigenvalue weighted by Gasteiger charge is 2.31. The molecule has 0 saturated heterocycles. The molecule has 1 heterocycles. The third-order valence-electron chi connectivity index (χ3n) is 5.55. The largest absolute Gasteiger partial charge is 0.486 e. The van der Waals surface area contributed by atoms with E-state index in [1.54, 1.807) is 56.3 Å². The second kappa shape index (κ2) is 11.6. The lowest BCUT2D eigenvalue weighted by molar-refractivity contribution is -0.139. The van der Waals surface area contributed by atoms with Gasteiger partial charge < -0.3 is 19.7 Å². The Balaban J connectivity index is 1.95. The molecule has 0 aliphatic carbocycles. The molecule has 35 heavy (non-hydrogen) atoms. The number of halogens is 1. The van der Waals surface area contributed by atoms with Gasteiger partial charge in [0.05, 0.1) is 11.4 Å². The summed E-state index contributed by atoms with van der Waals surface area (Å²) in [6.45, 7) is 5.63. The van der Waals surface area contributed by atoms with Crippen molar-refractivity contribution in [2.24, 2.45) is 0 Å². The number of carbonyl (C=O) groups excluding carboxylic acids is 2. The maximum Gasteiger partial charge on any atom is 0.244 e. The highest BCUT2D eigenvalue weighted by Crippen LogP contribution is 2.35. The molecule has 190 valence electrons. The molecule has 1 aliphatic heterocycles. The van der Waals surface area contributed by atoms with Gasteiger partial charge in [-0.1, -0.05) is 23.7 Å². The summed E-state index contributed by atoms with van der Waals surface area (Å²) >= 11 is 6.11. The summed E-state index contributed by atoms with van der Waals surface area (Å²) in [7, 11) is -3.84. The van der Waals surface area contributed by atoms with Gasteiger partial charge >= 0.3 is 0 Å². The summed E-state index contributed by atoms with van der Waals surface area (Å²) in [5, 5.41) is 3.21. The highest BCUT2D eigenvalue weighted by molar-refractivity contribution is 7.92.